The SMILES string of the molecule is COc1ccc([C@H](O)CNc2cc[nH]c(=O)c2-c2nc3c(C)cc(N4CCO[C@H](CO)C4)cc3[nH]2)cc1Br. The van der Waals surface area contributed by atoms with Gasteiger partial charge in [0.15, 0.2) is 0 Å². The number of hydrogen-bond acceptors (Lipinski definition) is 8. The Morgan fingerprint density at radius 1 is 1.32 bits per heavy atom. The molecule has 1 aliphatic rings. The third-order valence-electron chi connectivity index (χ3n) is 6.71. The van der Waals surface area contributed by atoms with Crippen LogP contribution >= 0.6 is 15.9 Å². The van der Waals surface area contributed by atoms with Gasteiger partial charge in [0, 0.05) is 31.5 Å². The number of benzene rings is 2. The van der Waals surface area contributed by atoms with Crippen LogP contribution in [0.2, 0.25) is 0 Å². The molecule has 0 saturated carbocycles. The van der Waals surface area contributed by atoms with Crippen molar-refractivity contribution < 1.29 is 19.7 Å². The number of aliphatic hydroxyl groups is 2. The van der Waals surface area contributed by atoms with E-state index in [-0.39, 0.29) is 24.8 Å². The van der Waals surface area contributed by atoms with Gasteiger partial charge in [0.25, 0.3) is 5.56 Å². The largest absolute Gasteiger partial charge is 0.496 e. The van der Waals surface area contributed by atoms with Crippen molar-refractivity contribution in [3.63, 3.8) is 0 Å². The van der Waals surface area contributed by atoms with Crippen LogP contribution in [-0.2, 0) is 4.74 Å². The molecule has 4 aromatic rings. The minimum atomic E-state index is -0.818. The Kier molecular flexibility index (Phi) is 7.70. The van der Waals surface area contributed by atoms with Gasteiger partial charge in [-0.3, -0.25) is 4.79 Å². The summed E-state index contributed by atoms with van der Waals surface area (Å²) < 4.78 is 11.6. The number of aromatic amines is 2. The van der Waals surface area contributed by atoms with E-state index in [4.69, 9.17) is 14.5 Å². The van der Waals surface area contributed by atoms with Gasteiger partial charge in [-0.1, -0.05) is 6.07 Å². The molecule has 1 saturated heterocycles. The molecule has 3 heterocycles. The van der Waals surface area contributed by atoms with E-state index in [1.165, 1.54) is 0 Å². The van der Waals surface area contributed by atoms with Crippen LogP contribution in [0.4, 0.5) is 11.4 Å². The first-order valence-corrected chi connectivity index (χ1v) is 13.1. The van der Waals surface area contributed by atoms with Crippen molar-refractivity contribution in [2.24, 2.45) is 0 Å². The number of aryl methyl sites for hydroxylation is 1. The van der Waals surface area contributed by atoms with Crippen molar-refractivity contribution in [1.29, 1.82) is 0 Å². The number of hydrogen-bond donors (Lipinski definition) is 5. The van der Waals surface area contributed by atoms with E-state index >= 15 is 0 Å². The van der Waals surface area contributed by atoms with Crippen molar-refractivity contribution in [3.05, 3.63) is 68.5 Å². The lowest BCUT2D eigenvalue weighted by atomic mass is 10.1. The third-order valence-corrected chi connectivity index (χ3v) is 7.33. The summed E-state index contributed by atoms with van der Waals surface area (Å²) in [4.78, 5) is 25.9. The van der Waals surface area contributed by atoms with Gasteiger partial charge in [0.2, 0.25) is 0 Å². The van der Waals surface area contributed by atoms with Gasteiger partial charge in [0.05, 0.1) is 53.7 Å². The molecule has 11 heteroatoms. The van der Waals surface area contributed by atoms with Crippen LogP contribution in [-0.4, -0.2) is 71.2 Å². The van der Waals surface area contributed by atoms with Crippen molar-refractivity contribution in [2.75, 3.05) is 50.2 Å². The number of nitrogens with one attached hydrogen (secondary N) is 3. The molecule has 2 aromatic heterocycles. The molecule has 0 radical (unpaired) electrons. The number of aliphatic hydroxyl groups excluding tert-OH is 2. The lowest BCUT2D eigenvalue weighted by Gasteiger charge is -2.33. The molecular formula is C27H30BrN5O5. The standard InChI is InChI=1S/C27H30BrN5O5/c1-15-9-17(33-7-8-38-18(13-33)14-34)11-21-25(15)32-26(31-21)24-20(5-6-29-27(24)36)30-12-22(35)16-3-4-23(37-2)19(28)10-16/h3-6,9-11,18,22,34-35H,7-8,12-14H2,1-2H3,(H,31,32)(H2,29,30,36)/t18-,22+/m0/s1. The molecule has 200 valence electrons. The first-order valence-electron chi connectivity index (χ1n) is 12.3. The molecule has 0 spiro atoms. The number of fused-ring (bicyclic) bond motifs is 1. The summed E-state index contributed by atoms with van der Waals surface area (Å²) in [5.41, 5.74) is 4.86. The maximum Gasteiger partial charge on any atom is 0.261 e. The fourth-order valence-corrected chi connectivity index (χ4v) is 5.27. The number of halogens is 1. The molecule has 0 aliphatic carbocycles. The summed E-state index contributed by atoms with van der Waals surface area (Å²) in [5, 5.41) is 23.5. The van der Waals surface area contributed by atoms with Crippen LogP contribution in [0.5, 0.6) is 5.75 Å². The van der Waals surface area contributed by atoms with E-state index in [0.717, 1.165) is 33.3 Å². The zero-order valence-corrected chi connectivity index (χ0v) is 22.7. The Hall–Kier alpha value is -3.38. The molecule has 10 nitrogen and oxygen atoms in total. The van der Waals surface area contributed by atoms with Gasteiger partial charge in [-0.25, -0.2) is 4.98 Å². The van der Waals surface area contributed by atoms with Crippen molar-refractivity contribution in [2.45, 2.75) is 19.1 Å². The van der Waals surface area contributed by atoms with Crippen molar-refractivity contribution in [3.8, 4) is 17.1 Å². The number of morpholine rings is 1. The monoisotopic (exact) mass is 583 g/mol. The second-order valence-corrected chi connectivity index (χ2v) is 10.1. The number of pyridine rings is 1. The Balaban J connectivity index is 1.42. The highest BCUT2D eigenvalue weighted by Crippen LogP contribution is 2.31. The number of H-pyrrole nitrogens is 2. The second kappa shape index (κ2) is 11.2. The summed E-state index contributed by atoms with van der Waals surface area (Å²) in [6.07, 6.45) is 0.524. The summed E-state index contributed by atoms with van der Waals surface area (Å²) in [6.45, 7) is 4.01. The fourth-order valence-electron chi connectivity index (χ4n) is 4.71. The number of aromatic nitrogens is 3. The molecule has 5 N–H and O–H groups in total. The molecule has 0 bridgehead atoms. The van der Waals surface area contributed by atoms with Gasteiger partial charge in [0.1, 0.15) is 17.1 Å². The Labute approximate surface area is 227 Å². The average Bonchev–Trinajstić information content (AvgIpc) is 3.36. The minimum Gasteiger partial charge on any atom is -0.496 e. The van der Waals surface area contributed by atoms with E-state index in [1.807, 2.05) is 13.0 Å². The van der Waals surface area contributed by atoms with E-state index in [9.17, 15) is 15.0 Å². The van der Waals surface area contributed by atoms with Crippen LogP contribution in [0, 0.1) is 6.92 Å². The van der Waals surface area contributed by atoms with E-state index in [2.05, 4.69) is 42.2 Å². The number of methoxy groups -OCH3 is 1. The predicted octanol–water partition coefficient (Wildman–Crippen LogP) is 3.34. The first-order chi connectivity index (χ1) is 18.4. The lowest BCUT2D eigenvalue weighted by Crippen LogP contribution is -2.44. The van der Waals surface area contributed by atoms with Crippen LogP contribution in [0.15, 0.2) is 51.9 Å². The number of nitrogens with zero attached hydrogens (tertiary/aromatic N) is 2. The molecule has 1 fully saturated rings. The van der Waals surface area contributed by atoms with Crippen LogP contribution in [0.3, 0.4) is 0 Å². The van der Waals surface area contributed by atoms with Gasteiger partial charge in [-0.2, -0.15) is 0 Å². The van der Waals surface area contributed by atoms with E-state index in [1.54, 1.807) is 37.6 Å². The fraction of sp³-hybridized carbons (Fsp3) is 0.333. The average molecular weight is 584 g/mol. The maximum absolute atomic E-state index is 12.9. The Morgan fingerprint density at radius 2 is 2.16 bits per heavy atom. The summed E-state index contributed by atoms with van der Waals surface area (Å²) >= 11 is 3.45. The molecule has 2 aromatic carbocycles. The quantitative estimate of drug-likeness (QED) is 0.213. The topological polar surface area (TPSA) is 136 Å². The highest BCUT2D eigenvalue weighted by molar-refractivity contribution is 9.10. The number of anilines is 2. The minimum absolute atomic E-state index is 0.0249. The van der Waals surface area contributed by atoms with Gasteiger partial charge < -0.3 is 39.9 Å². The van der Waals surface area contributed by atoms with Gasteiger partial charge in [-0.15, -0.1) is 0 Å². The molecule has 1 aliphatic heterocycles. The van der Waals surface area contributed by atoms with Crippen molar-refractivity contribution >= 4 is 38.3 Å². The number of imidazole rings is 1. The highest BCUT2D eigenvalue weighted by Gasteiger charge is 2.22. The number of ether oxygens (including phenoxy) is 2. The molecular weight excluding hydrogens is 554 g/mol. The normalized spacial score (nSPS) is 16.6. The van der Waals surface area contributed by atoms with E-state index in [0.29, 0.717) is 41.5 Å². The summed E-state index contributed by atoms with van der Waals surface area (Å²) in [7, 11) is 1.59. The molecule has 0 unspecified atom stereocenters. The molecule has 2 atom stereocenters. The maximum atomic E-state index is 12.9. The lowest BCUT2D eigenvalue weighted by molar-refractivity contribution is 0.00357. The second-order valence-electron chi connectivity index (χ2n) is 9.25. The van der Waals surface area contributed by atoms with Gasteiger partial charge >= 0.3 is 0 Å². The smallest absolute Gasteiger partial charge is 0.261 e. The number of rotatable bonds is 8. The zero-order chi connectivity index (χ0) is 26.8. The molecule has 5 rings (SSSR count). The Morgan fingerprint density at radius 3 is 2.92 bits per heavy atom. The third kappa shape index (κ3) is 5.28. The van der Waals surface area contributed by atoms with Crippen molar-refractivity contribution in [1.82, 2.24) is 15.0 Å². The summed E-state index contributed by atoms with van der Waals surface area (Å²) in [5.74, 6) is 1.11. The summed E-state index contributed by atoms with van der Waals surface area (Å²) in [6, 6.07) is 11.2. The molecule has 0 amide bonds. The molecule has 38 heavy (non-hydrogen) atoms. The van der Waals surface area contributed by atoms with Crippen LogP contribution < -0.4 is 20.5 Å². The van der Waals surface area contributed by atoms with Crippen LogP contribution in [0.1, 0.15) is 17.2 Å². The Bertz CT molecular complexity index is 1500. The van der Waals surface area contributed by atoms with Crippen LogP contribution in [0.25, 0.3) is 22.4 Å². The van der Waals surface area contributed by atoms with E-state index < -0.39 is 6.10 Å². The predicted molar refractivity (Wildman–Crippen MR) is 150 cm³/mol. The zero-order valence-electron chi connectivity index (χ0n) is 21.1. The van der Waals surface area contributed by atoms with Gasteiger partial charge in [-0.05, 0) is 64.3 Å². The first kappa shape index (κ1) is 26.2. The highest BCUT2D eigenvalue weighted by atomic mass is 79.9.